The van der Waals surface area contributed by atoms with Gasteiger partial charge in [0.25, 0.3) is 0 Å². The molecule has 2 fully saturated rings. The zero-order chi connectivity index (χ0) is 23.0. The molecule has 1 aliphatic heterocycles. The first-order chi connectivity index (χ1) is 16.2. The minimum Gasteiger partial charge on any atom is -0.505 e. The normalized spacial score (nSPS) is 26.0. The molecule has 0 aromatic heterocycles. The quantitative estimate of drug-likeness (QED) is 0.542. The van der Waals surface area contributed by atoms with E-state index >= 15 is 0 Å². The van der Waals surface area contributed by atoms with Gasteiger partial charge in [-0.15, -0.1) is 0 Å². The Bertz CT molecular complexity index is 874. The van der Waals surface area contributed by atoms with Crippen LogP contribution in [0.4, 0.5) is 0 Å². The summed E-state index contributed by atoms with van der Waals surface area (Å²) in [6, 6.07) is 16.8. The number of ether oxygens (including phenoxy) is 3. The Kier molecular flexibility index (Phi) is 8.43. The number of rotatable bonds is 9. The number of nitrogens with zero attached hydrogens (tertiary/aromatic N) is 1. The number of aliphatic hydroxyl groups excluding tert-OH is 1. The van der Waals surface area contributed by atoms with Gasteiger partial charge in [0.05, 0.1) is 39.3 Å². The van der Waals surface area contributed by atoms with Crippen molar-refractivity contribution >= 4 is 0 Å². The molecule has 2 aromatic rings. The summed E-state index contributed by atoms with van der Waals surface area (Å²) in [6.45, 7) is 2.70. The molecule has 1 saturated carbocycles. The number of aliphatic hydroxyl groups is 1. The van der Waals surface area contributed by atoms with Crippen LogP contribution in [0.3, 0.4) is 0 Å². The summed E-state index contributed by atoms with van der Waals surface area (Å²) in [5, 5.41) is 10.9. The number of hydrogen-bond donors (Lipinski definition) is 1. The van der Waals surface area contributed by atoms with Gasteiger partial charge in [-0.25, -0.2) is 0 Å². The molecule has 4 atom stereocenters. The van der Waals surface area contributed by atoms with Crippen LogP contribution in [0.25, 0.3) is 11.1 Å². The fraction of sp³-hybridized carbons (Fsp3) is 0.500. The van der Waals surface area contributed by atoms with E-state index in [0.29, 0.717) is 13.0 Å². The smallest absolute Gasteiger partial charge is 0.118 e. The zero-order valence-corrected chi connectivity index (χ0v) is 19.9. The Morgan fingerprint density at radius 3 is 2.24 bits per heavy atom. The second-order valence-electron chi connectivity index (χ2n) is 9.17. The molecule has 33 heavy (non-hydrogen) atoms. The molecule has 2 aliphatic rings. The second kappa shape index (κ2) is 11.7. The largest absolute Gasteiger partial charge is 0.505 e. The maximum atomic E-state index is 10.9. The van der Waals surface area contributed by atoms with Crippen molar-refractivity contribution in [1.82, 2.24) is 4.90 Å². The second-order valence-corrected chi connectivity index (χ2v) is 9.17. The van der Waals surface area contributed by atoms with Gasteiger partial charge in [-0.3, -0.25) is 4.90 Å². The first-order valence-corrected chi connectivity index (χ1v) is 12.1. The summed E-state index contributed by atoms with van der Waals surface area (Å²) in [7, 11) is 3.35. The highest BCUT2D eigenvalue weighted by Crippen LogP contribution is 2.37. The zero-order valence-electron chi connectivity index (χ0n) is 19.9. The monoisotopic (exact) mass is 451 g/mol. The van der Waals surface area contributed by atoms with Gasteiger partial charge in [-0.05, 0) is 67.3 Å². The SMILES string of the molecule is COC=CC[C@@H]1[C@@H](N2CCCCC2)[C@H](O)C[C@@H]1OCc1ccc(-c2ccc(OC)cc2)cc1. The van der Waals surface area contributed by atoms with E-state index in [2.05, 4.69) is 47.4 Å². The molecule has 4 rings (SSSR count). The van der Waals surface area contributed by atoms with Crippen LogP contribution in [-0.4, -0.2) is 55.6 Å². The summed E-state index contributed by atoms with van der Waals surface area (Å²) in [6.07, 6.45) is 8.78. The molecule has 178 valence electrons. The van der Waals surface area contributed by atoms with Gasteiger partial charge >= 0.3 is 0 Å². The molecule has 0 spiro atoms. The lowest BCUT2D eigenvalue weighted by molar-refractivity contribution is -0.00133. The molecule has 5 heteroatoms. The summed E-state index contributed by atoms with van der Waals surface area (Å²) in [5.74, 6) is 1.13. The number of likely N-dealkylation sites (tertiary alicyclic amines) is 1. The van der Waals surface area contributed by atoms with Crippen LogP contribution in [0, 0.1) is 5.92 Å². The Balaban J connectivity index is 1.40. The molecular weight excluding hydrogens is 414 g/mol. The van der Waals surface area contributed by atoms with Crippen LogP contribution >= 0.6 is 0 Å². The van der Waals surface area contributed by atoms with E-state index in [0.717, 1.165) is 36.4 Å². The van der Waals surface area contributed by atoms with E-state index in [1.165, 1.54) is 24.8 Å². The standard InChI is InChI=1S/C28H37NO4/c1-31-18-6-7-25-27(19-26(30)28(25)29-16-4-3-5-17-29)33-20-21-8-10-22(11-9-21)23-12-14-24(32-2)15-13-23/h6,8-15,18,25-28,30H,3-5,7,16-17,19-20H2,1-2H3/t25-,26+,27-,28+/m0/s1. The van der Waals surface area contributed by atoms with Crippen molar-refractivity contribution in [3.8, 4) is 16.9 Å². The molecule has 0 amide bonds. The number of methoxy groups -OCH3 is 2. The van der Waals surface area contributed by atoms with E-state index in [1.807, 2.05) is 12.1 Å². The Labute approximate surface area is 198 Å². The Hall–Kier alpha value is -2.34. The van der Waals surface area contributed by atoms with E-state index in [1.54, 1.807) is 20.5 Å². The van der Waals surface area contributed by atoms with Crippen molar-refractivity contribution in [1.29, 1.82) is 0 Å². The van der Waals surface area contributed by atoms with Crippen molar-refractivity contribution in [2.45, 2.75) is 57.0 Å². The van der Waals surface area contributed by atoms with Gasteiger partial charge < -0.3 is 19.3 Å². The van der Waals surface area contributed by atoms with Crippen LogP contribution in [0.15, 0.2) is 60.9 Å². The van der Waals surface area contributed by atoms with E-state index in [4.69, 9.17) is 14.2 Å². The summed E-state index contributed by atoms with van der Waals surface area (Å²) < 4.78 is 16.8. The third kappa shape index (κ3) is 5.97. The van der Waals surface area contributed by atoms with Crippen LogP contribution in [0.2, 0.25) is 0 Å². The van der Waals surface area contributed by atoms with Crippen LogP contribution in [0.1, 0.15) is 37.7 Å². The van der Waals surface area contributed by atoms with Gasteiger partial charge in [0, 0.05) is 18.4 Å². The predicted octanol–water partition coefficient (Wildman–Crippen LogP) is 5.03. The van der Waals surface area contributed by atoms with Gasteiger partial charge in [0.1, 0.15) is 5.75 Å². The third-order valence-corrected chi connectivity index (χ3v) is 7.08. The minimum atomic E-state index is -0.341. The molecule has 5 nitrogen and oxygen atoms in total. The van der Waals surface area contributed by atoms with Crippen molar-refractivity contribution < 1.29 is 19.3 Å². The maximum Gasteiger partial charge on any atom is 0.118 e. The highest BCUT2D eigenvalue weighted by Gasteiger charge is 2.45. The molecular formula is C28H37NO4. The molecule has 1 heterocycles. The fourth-order valence-electron chi connectivity index (χ4n) is 5.36. The Morgan fingerprint density at radius 1 is 0.939 bits per heavy atom. The average molecular weight is 452 g/mol. The molecule has 0 unspecified atom stereocenters. The molecule has 1 saturated heterocycles. The van der Waals surface area contributed by atoms with Crippen LogP contribution in [-0.2, 0) is 16.1 Å². The number of hydrogen-bond acceptors (Lipinski definition) is 5. The topological polar surface area (TPSA) is 51.2 Å². The average Bonchev–Trinajstić information content (AvgIpc) is 3.18. The highest BCUT2D eigenvalue weighted by molar-refractivity contribution is 5.64. The summed E-state index contributed by atoms with van der Waals surface area (Å²) in [5.41, 5.74) is 3.48. The molecule has 0 bridgehead atoms. The van der Waals surface area contributed by atoms with Gasteiger partial charge in [0.15, 0.2) is 0 Å². The van der Waals surface area contributed by atoms with Crippen LogP contribution < -0.4 is 4.74 Å². The maximum absolute atomic E-state index is 10.9. The molecule has 2 aromatic carbocycles. The first-order valence-electron chi connectivity index (χ1n) is 12.1. The number of benzene rings is 2. The fourth-order valence-corrected chi connectivity index (χ4v) is 5.36. The lowest BCUT2D eigenvalue weighted by Gasteiger charge is -2.37. The van der Waals surface area contributed by atoms with E-state index in [9.17, 15) is 5.11 Å². The Morgan fingerprint density at radius 2 is 1.61 bits per heavy atom. The van der Waals surface area contributed by atoms with Crippen molar-refractivity contribution in [2.24, 2.45) is 5.92 Å². The molecule has 1 N–H and O–H groups in total. The van der Waals surface area contributed by atoms with Crippen molar-refractivity contribution in [3.05, 3.63) is 66.4 Å². The summed E-state index contributed by atoms with van der Waals surface area (Å²) in [4.78, 5) is 2.49. The van der Waals surface area contributed by atoms with Crippen LogP contribution in [0.5, 0.6) is 5.75 Å². The third-order valence-electron chi connectivity index (χ3n) is 7.08. The molecule has 1 aliphatic carbocycles. The van der Waals surface area contributed by atoms with E-state index in [-0.39, 0.29) is 24.2 Å². The predicted molar refractivity (Wildman–Crippen MR) is 131 cm³/mol. The van der Waals surface area contributed by atoms with Crippen molar-refractivity contribution in [3.63, 3.8) is 0 Å². The number of piperidine rings is 1. The minimum absolute atomic E-state index is 0.0368. The van der Waals surface area contributed by atoms with Gasteiger partial charge in [-0.1, -0.05) is 42.8 Å². The molecule has 0 radical (unpaired) electrons. The highest BCUT2D eigenvalue weighted by atomic mass is 16.5. The van der Waals surface area contributed by atoms with Gasteiger partial charge in [0.2, 0.25) is 0 Å². The van der Waals surface area contributed by atoms with Gasteiger partial charge in [-0.2, -0.15) is 0 Å². The lowest BCUT2D eigenvalue weighted by Crippen LogP contribution is -2.47. The van der Waals surface area contributed by atoms with E-state index < -0.39 is 0 Å². The summed E-state index contributed by atoms with van der Waals surface area (Å²) >= 11 is 0. The lowest BCUT2D eigenvalue weighted by atomic mass is 9.94. The first kappa shape index (κ1) is 23.8. The van der Waals surface area contributed by atoms with Crippen molar-refractivity contribution in [2.75, 3.05) is 27.3 Å². The number of allylic oxidation sites excluding steroid dienone is 1.